The molecule has 23 heavy (non-hydrogen) atoms. The largest absolute Gasteiger partial charge is 0.493 e. The van der Waals surface area contributed by atoms with Gasteiger partial charge in [-0.05, 0) is 31.6 Å². The summed E-state index contributed by atoms with van der Waals surface area (Å²) < 4.78 is 10.6. The number of ether oxygens (including phenoxy) is 2. The van der Waals surface area contributed by atoms with Gasteiger partial charge in [-0.2, -0.15) is 0 Å². The van der Waals surface area contributed by atoms with Crippen LogP contribution in [-0.4, -0.2) is 44.5 Å². The Bertz CT molecular complexity index is 599. The number of benzene rings is 1. The van der Waals surface area contributed by atoms with Crippen LogP contribution in [0.4, 0.5) is 0 Å². The van der Waals surface area contributed by atoms with Crippen LogP contribution < -0.4 is 14.8 Å². The van der Waals surface area contributed by atoms with E-state index in [9.17, 15) is 9.59 Å². The second-order valence-corrected chi connectivity index (χ2v) is 5.20. The molecule has 1 aromatic carbocycles. The molecule has 0 saturated carbocycles. The molecular formula is C17H24N2O4. The third-order valence-electron chi connectivity index (χ3n) is 3.61. The first kappa shape index (κ1) is 18.5. The molecule has 1 N–H and O–H groups in total. The average Bonchev–Trinajstić information content (AvgIpc) is 2.52. The number of hydrogen-bond donors (Lipinski definition) is 1. The Kier molecular flexibility index (Phi) is 6.63. The van der Waals surface area contributed by atoms with Crippen molar-refractivity contribution in [1.29, 1.82) is 0 Å². The Morgan fingerprint density at radius 3 is 2.52 bits per heavy atom. The van der Waals surface area contributed by atoms with Crippen molar-refractivity contribution in [1.82, 2.24) is 10.2 Å². The zero-order valence-corrected chi connectivity index (χ0v) is 14.3. The molecule has 1 rings (SSSR count). The number of nitrogens with one attached hydrogen (secondary N) is 1. The van der Waals surface area contributed by atoms with E-state index in [0.29, 0.717) is 11.5 Å². The molecule has 0 radical (unpaired) electrons. The quantitative estimate of drug-likeness (QED) is 0.778. The van der Waals surface area contributed by atoms with Gasteiger partial charge in [0.1, 0.15) is 0 Å². The fourth-order valence-corrected chi connectivity index (χ4v) is 2.38. The summed E-state index contributed by atoms with van der Waals surface area (Å²) >= 11 is 0. The van der Waals surface area contributed by atoms with E-state index < -0.39 is 0 Å². The summed E-state index contributed by atoms with van der Waals surface area (Å²) in [5.41, 5.74) is 1.82. The molecule has 0 saturated heterocycles. The van der Waals surface area contributed by atoms with Crippen LogP contribution in [0, 0.1) is 6.92 Å². The molecule has 0 spiro atoms. The Morgan fingerprint density at radius 1 is 1.35 bits per heavy atom. The average molecular weight is 320 g/mol. The SMILES string of the molecule is C=CC(=O)N(C)CC(=O)NC(C)c1ccc(OC)c(OC)c1C. The van der Waals surface area contributed by atoms with E-state index in [0.717, 1.165) is 11.1 Å². The summed E-state index contributed by atoms with van der Waals surface area (Å²) in [6.45, 7) is 7.16. The summed E-state index contributed by atoms with van der Waals surface area (Å²) in [6.07, 6.45) is 1.18. The fourth-order valence-electron chi connectivity index (χ4n) is 2.38. The highest BCUT2D eigenvalue weighted by molar-refractivity contribution is 5.90. The van der Waals surface area contributed by atoms with Crippen LogP contribution >= 0.6 is 0 Å². The summed E-state index contributed by atoms with van der Waals surface area (Å²) in [4.78, 5) is 24.8. The second kappa shape index (κ2) is 8.22. The van der Waals surface area contributed by atoms with Gasteiger partial charge in [0, 0.05) is 12.6 Å². The van der Waals surface area contributed by atoms with Gasteiger partial charge in [-0.1, -0.05) is 12.6 Å². The van der Waals surface area contributed by atoms with Crippen LogP contribution in [0.25, 0.3) is 0 Å². The highest BCUT2D eigenvalue weighted by Crippen LogP contribution is 2.34. The van der Waals surface area contributed by atoms with Gasteiger partial charge in [0.15, 0.2) is 11.5 Å². The van der Waals surface area contributed by atoms with E-state index in [1.54, 1.807) is 27.3 Å². The van der Waals surface area contributed by atoms with Crippen molar-refractivity contribution in [3.63, 3.8) is 0 Å². The van der Waals surface area contributed by atoms with Crippen molar-refractivity contribution >= 4 is 11.8 Å². The van der Waals surface area contributed by atoms with Gasteiger partial charge < -0.3 is 19.7 Å². The van der Waals surface area contributed by atoms with Crippen LogP contribution in [0.3, 0.4) is 0 Å². The molecule has 0 aliphatic heterocycles. The first-order chi connectivity index (χ1) is 10.8. The van der Waals surface area contributed by atoms with Crippen LogP contribution in [0.1, 0.15) is 24.1 Å². The number of likely N-dealkylation sites (N-methyl/N-ethyl adjacent to an activating group) is 1. The Balaban J connectivity index is 2.86. The highest BCUT2D eigenvalue weighted by atomic mass is 16.5. The summed E-state index contributed by atoms with van der Waals surface area (Å²) in [7, 11) is 4.71. The van der Waals surface area contributed by atoms with Gasteiger partial charge in [0.25, 0.3) is 0 Å². The smallest absolute Gasteiger partial charge is 0.246 e. The van der Waals surface area contributed by atoms with Crippen LogP contribution in [0.15, 0.2) is 24.8 Å². The lowest BCUT2D eigenvalue weighted by atomic mass is 10.0. The molecule has 1 atom stereocenters. The van der Waals surface area contributed by atoms with Crippen LogP contribution in [0.2, 0.25) is 0 Å². The normalized spacial score (nSPS) is 11.3. The van der Waals surface area contributed by atoms with Crippen molar-refractivity contribution in [2.24, 2.45) is 0 Å². The number of methoxy groups -OCH3 is 2. The zero-order valence-electron chi connectivity index (χ0n) is 14.3. The maximum atomic E-state index is 12.1. The van der Waals surface area contributed by atoms with E-state index in [1.165, 1.54) is 11.0 Å². The molecule has 1 aromatic rings. The van der Waals surface area contributed by atoms with Crippen molar-refractivity contribution in [2.45, 2.75) is 19.9 Å². The van der Waals surface area contributed by atoms with Gasteiger partial charge in [0.2, 0.25) is 11.8 Å². The van der Waals surface area contributed by atoms with E-state index in [4.69, 9.17) is 9.47 Å². The maximum Gasteiger partial charge on any atom is 0.246 e. The minimum Gasteiger partial charge on any atom is -0.493 e. The fraction of sp³-hybridized carbons (Fsp3) is 0.412. The van der Waals surface area contributed by atoms with Crippen molar-refractivity contribution in [3.05, 3.63) is 35.9 Å². The second-order valence-electron chi connectivity index (χ2n) is 5.20. The molecule has 6 nitrogen and oxygen atoms in total. The lowest BCUT2D eigenvalue weighted by molar-refractivity contribution is -0.131. The van der Waals surface area contributed by atoms with Crippen LogP contribution in [-0.2, 0) is 9.59 Å². The van der Waals surface area contributed by atoms with Crippen molar-refractivity contribution in [2.75, 3.05) is 27.8 Å². The topological polar surface area (TPSA) is 67.9 Å². The predicted octanol–water partition coefficient (Wildman–Crippen LogP) is 1.83. The lowest BCUT2D eigenvalue weighted by Crippen LogP contribution is -2.38. The minimum atomic E-state index is -0.296. The Morgan fingerprint density at radius 2 is 2.00 bits per heavy atom. The molecule has 0 aliphatic rings. The summed E-state index contributed by atoms with van der Waals surface area (Å²) in [6, 6.07) is 3.46. The number of hydrogen-bond acceptors (Lipinski definition) is 4. The maximum absolute atomic E-state index is 12.1. The summed E-state index contributed by atoms with van der Waals surface area (Å²) in [5.74, 6) is 0.744. The predicted molar refractivity (Wildman–Crippen MR) is 88.7 cm³/mol. The molecule has 0 bridgehead atoms. The van der Waals surface area contributed by atoms with Crippen molar-refractivity contribution < 1.29 is 19.1 Å². The van der Waals surface area contributed by atoms with Gasteiger partial charge in [0.05, 0.1) is 26.8 Å². The molecule has 0 fully saturated rings. The monoisotopic (exact) mass is 320 g/mol. The van der Waals surface area contributed by atoms with E-state index >= 15 is 0 Å². The van der Waals surface area contributed by atoms with Crippen LogP contribution in [0.5, 0.6) is 11.5 Å². The molecule has 2 amide bonds. The number of rotatable bonds is 7. The molecule has 6 heteroatoms. The number of carbonyl (C=O) groups excluding carboxylic acids is 2. The third-order valence-corrected chi connectivity index (χ3v) is 3.61. The number of amides is 2. The van der Waals surface area contributed by atoms with E-state index in [1.807, 2.05) is 19.9 Å². The molecule has 1 unspecified atom stereocenters. The number of nitrogens with zero attached hydrogens (tertiary/aromatic N) is 1. The molecule has 0 aromatic heterocycles. The molecular weight excluding hydrogens is 296 g/mol. The third kappa shape index (κ3) is 4.48. The molecule has 126 valence electrons. The van der Waals surface area contributed by atoms with Gasteiger partial charge in [-0.25, -0.2) is 0 Å². The van der Waals surface area contributed by atoms with Gasteiger partial charge in [-0.3, -0.25) is 9.59 Å². The lowest BCUT2D eigenvalue weighted by Gasteiger charge is -2.21. The van der Waals surface area contributed by atoms with Gasteiger partial charge in [-0.15, -0.1) is 0 Å². The first-order valence-corrected chi connectivity index (χ1v) is 7.24. The van der Waals surface area contributed by atoms with E-state index in [2.05, 4.69) is 11.9 Å². The molecule has 0 aliphatic carbocycles. The van der Waals surface area contributed by atoms with E-state index in [-0.39, 0.29) is 24.4 Å². The standard InChI is InChI=1S/C17H24N2O4/c1-7-16(21)19(4)10-15(20)18-12(3)13-8-9-14(22-5)17(23-6)11(13)2/h7-9,12H,1,10H2,2-6H3,(H,18,20). The van der Waals surface area contributed by atoms with Gasteiger partial charge >= 0.3 is 0 Å². The summed E-state index contributed by atoms with van der Waals surface area (Å²) in [5, 5.41) is 2.87. The zero-order chi connectivity index (χ0) is 17.6. The highest BCUT2D eigenvalue weighted by Gasteiger charge is 2.18. The van der Waals surface area contributed by atoms with Crippen molar-refractivity contribution in [3.8, 4) is 11.5 Å². The molecule has 0 heterocycles. The Labute approximate surface area is 137 Å². The number of carbonyl (C=O) groups is 2. The minimum absolute atomic E-state index is 0.0263. The Hall–Kier alpha value is -2.50. The first-order valence-electron chi connectivity index (χ1n) is 7.24.